The minimum Gasteiger partial charge on any atom is -0.508 e. The predicted octanol–water partition coefficient (Wildman–Crippen LogP) is 5.74. The molecule has 0 saturated heterocycles. The molecule has 3 aromatic rings. The molecule has 5 N–H and O–H groups in total. The van der Waals surface area contributed by atoms with Gasteiger partial charge in [-0.05, 0) is 57.2 Å². The smallest absolute Gasteiger partial charge is 0.123 e. The summed E-state index contributed by atoms with van der Waals surface area (Å²) in [6, 6.07) is 17.8. The Morgan fingerprint density at radius 1 is 0.519 bits per heavy atom. The molecule has 0 atom stereocenters. The molecule has 0 spiro atoms. The van der Waals surface area contributed by atoms with Crippen LogP contribution in [0.2, 0.25) is 0 Å². The minimum atomic E-state index is 0. The van der Waals surface area contributed by atoms with E-state index in [4.69, 9.17) is 15.6 Å². The SMILES string of the molecule is C.Cc1ccc(O)c(-c2cc(C)ccc2O)c1.Cc1ccc(O)cc1.OO. The van der Waals surface area contributed by atoms with E-state index < -0.39 is 0 Å². The fourth-order valence-corrected chi connectivity index (χ4v) is 2.28. The van der Waals surface area contributed by atoms with Crippen LogP contribution in [-0.4, -0.2) is 25.8 Å². The van der Waals surface area contributed by atoms with Gasteiger partial charge in [-0.25, -0.2) is 0 Å². The van der Waals surface area contributed by atoms with E-state index in [-0.39, 0.29) is 18.9 Å². The summed E-state index contributed by atoms with van der Waals surface area (Å²) >= 11 is 0. The largest absolute Gasteiger partial charge is 0.508 e. The molecule has 0 amide bonds. The summed E-state index contributed by atoms with van der Waals surface area (Å²) < 4.78 is 0. The van der Waals surface area contributed by atoms with Crippen molar-refractivity contribution >= 4 is 0 Å². The van der Waals surface area contributed by atoms with Gasteiger partial charge in [0.05, 0.1) is 0 Å². The van der Waals surface area contributed by atoms with Crippen molar-refractivity contribution in [3.8, 4) is 28.4 Å². The van der Waals surface area contributed by atoms with Gasteiger partial charge >= 0.3 is 0 Å². The normalized spacial score (nSPS) is 9.07. The predicted molar refractivity (Wildman–Crippen MR) is 110 cm³/mol. The number of aryl methyl sites for hydroxylation is 3. The Kier molecular flexibility index (Phi) is 10.3. The van der Waals surface area contributed by atoms with Crippen molar-refractivity contribution in [2.24, 2.45) is 0 Å². The van der Waals surface area contributed by atoms with Gasteiger partial charge in [0.2, 0.25) is 0 Å². The summed E-state index contributed by atoms with van der Waals surface area (Å²) in [5.74, 6) is 0.702. The summed E-state index contributed by atoms with van der Waals surface area (Å²) in [4.78, 5) is 0. The molecule has 5 nitrogen and oxygen atoms in total. The van der Waals surface area contributed by atoms with Crippen LogP contribution in [0.4, 0.5) is 0 Å². The zero-order chi connectivity index (χ0) is 19.7. The van der Waals surface area contributed by atoms with Gasteiger partial charge < -0.3 is 15.3 Å². The molecule has 146 valence electrons. The molecule has 0 fully saturated rings. The van der Waals surface area contributed by atoms with E-state index in [1.54, 1.807) is 24.3 Å². The van der Waals surface area contributed by atoms with Gasteiger partial charge in [-0.1, -0.05) is 48.4 Å². The summed E-state index contributed by atoms with van der Waals surface area (Å²) in [5, 5.41) is 40.3. The third-order valence-corrected chi connectivity index (χ3v) is 3.63. The van der Waals surface area contributed by atoms with E-state index in [2.05, 4.69) is 0 Å². The van der Waals surface area contributed by atoms with Crippen LogP contribution in [0.3, 0.4) is 0 Å². The lowest BCUT2D eigenvalue weighted by atomic mass is 10.00. The molecule has 5 heteroatoms. The van der Waals surface area contributed by atoms with Gasteiger partial charge in [-0.15, -0.1) is 0 Å². The van der Waals surface area contributed by atoms with Gasteiger partial charge in [-0.2, -0.15) is 0 Å². The number of phenols is 3. The maximum absolute atomic E-state index is 9.79. The second-order valence-corrected chi connectivity index (χ2v) is 5.88. The molecule has 0 aliphatic heterocycles. The summed E-state index contributed by atoms with van der Waals surface area (Å²) in [6.45, 7) is 5.89. The number of rotatable bonds is 1. The molecular weight excluding hydrogens is 344 g/mol. The lowest BCUT2D eigenvalue weighted by molar-refractivity contribution is -0.176. The van der Waals surface area contributed by atoms with E-state index in [9.17, 15) is 10.2 Å². The highest BCUT2D eigenvalue weighted by molar-refractivity contribution is 5.76. The number of aromatic hydroxyl groups is 3. The highest BCUT2D eigenvalue weighted by atomic mass is 17.0. The first kappa shape index (κ1) is 24.0. The van der Waals surface area contributed by atoms with E-state index >= 15 is 0 Å². The first-order valence-electron chi connectivity index (χ1n) is 7.92. The van der Waals surface area contributed by atoms with Crippen molar-refractivity contribution in [2.45, 2.75) is 28.2 Å². The molecule has 0 bridgehead atoms. The Labute approximate surface area is 160 Å². The lowest BCUT2D eigenvalue weighted by Crippen LogP contribution is -1.83. The van der Waals surface area contributed by atoms with E-state index in [0.717, 1.165) is 11.1 Å². The maximum atomic E-state index is 9.79. The first-order valence-corrected chi connectivity index (χ1v) is 7.92. The molecule has 0 aliphatic rings. The Morgan fingerprint density at radius 3 is 1.19 bits per heavy atom. The van der Waals surface area contributed by atoms with Crippen molar-refractivity contribution in [1.82, 2.24) is 0 Å². The molecule has 0 aliphatic carbocycles. The third kappa shape index (κ3) is 7.40. The second-order valence-electron chi connectivity index (χ2n) is 5.88. The quantitative estimate of drug-likeness (QED) is 0.277. The highest BCUT2D eigenvalue weighted by Gasteiger charge is 2.09. The van der Waals surface area contributed by atoms with Crippen molar-refractivity contribution in [3.05, 3.63) is 77.4 Å². The third-order valence-electron chi connectivity index (χ3n) is 3.63. The van der Waals surface area contributed by atoms with Crippen LogP contribution in [0.1, 0.15) is 24.1 Å². The van der Waals surface area contributed by atoms with Gasteiger partial charge in [0, 0.05) is 11.1 Å². The Balaban J connectivity index is 0.000000522. The summed E-state index contributed by atoms with van der Waals surface area (Å²) in [6.07, 6.45) is 0. The minimum absolute atomic E-state index is 0. The van der Waals surface area contributed by atoms with Crippen molar-refractivity contribution in [3.63, 3.8) is 0 Å². The van der Waals surface area contributed by atoms with Crippen LogP contribution in [0, 0.1) is 20.8 Å². The van der Waals surface area contributed by atoms with Crippen molar-refractivity contribution in [1.29, 1.82) is 0 Å². The fraction of sp³-hybridized carbons (Fsp3) is 0.182. The van der Waals surface area contributed by atoms with Crippen LogP contribution in [0.25, 0.3) is 11.1 Å². The van der Waals surface area contributed by atoms with Gasteiger partial charge in [-0.3, -0.25) is 10.5 Å². The van der Waals surface area contributed by atoms with E-state index in [1.807, 2.05) is 57.2 Å². The first-order chi connectivity index (χ1) is 12.4. The summed E-state index contributed by atoms with van der Waals surface area (Å²) in [7, 11) is 0. The Morgan fingerprint density at radius 2 is 0.852 bits per heavy atom. The van der Waals surface area contributed by atoms with Crippen LogP contribution in [0.15, 0.2) is 60.7 Å². The van der Waals surface area contributed by atoms with Crippen LogP contribution in [0.5, 0.6) is 17.2 Å². The number of hydrogen-bond acceptors (Lipinski definition) is 5. The molecule has 0 saturated carbocycles. The molecule has 3 rings (SSSR count). The highest BCUT2D eigenvalue weighted by Crippen LogP contribution is 2.36. The van der Waals surface area contributed by atoms with Gasteiger partial charge in [0.15, 0.2) is 0 Å². The number of hydrogen-bond donors (Lipinski definition) is 5. The van der Waals surface area contributed by atoms with Gasteiger partial charge in [0.25, 0.3) is 0 Å². The fourth-order valence-electron chi connectivity index (χ4n) is 2.28. The maximum Gasteiger partial charge on any atom is 0.123 e. The topological polar surface area (TPSA) is 101 Å². The number of benzene rings is 3. The standard InChI is InChI=1S/C14H14O2.C7H8O.CH4.H2O2/c1-9-3-5-13(15)11(7-9)12-8-10(2)4-6-14(12)16;1-6-2-4-7(8)5-3-6;;1-2/h3-8,15-16H,1-2H3;2-5,8H,1H3;1H4;1-2H. The molecular formula is C22H28O5. The zero-order valence-electron chi connectivity index (χ0n) is 15.0. The lowest BCUT2D eigenvalue weighted by Gasteiger charge is -2.09. The number of phenolic OH excluding ortho intramolecular Hbond substituents is 3. The Hall–Kier alpha value is -3.02. The van der Waals surface area contributed by atoms with Crippen LogP contribution >= 0.6 is 0 Å². The molecule has 27 heavy (non-hydrogen) atoms. The molecule has 0 unspecified atom stereocenters. The van der Waals surface area contributed by atoms with Crippen LogP contribution in [-0.2, 0) is 0 Å². The average Bonchev–Trinajstić information content (AvgIpc) is 2.64. The average molecular weight is 372 g/mol. The molecule has 0 heterocycles. The monoisotopic (exact) mass is 372 g/mol. The molecule has 0 radical (unpaired) electrons. The second kappa shape index (κ2) is 11.6. The van der Waals surface area contributed by atoms with Crippen molar-refractivity contribution in [2.75, 3.05) is 0 Å². The van der Waals surface area contributed by atoms with Crippen LogP contribution < -0.4 is 0 Å². The summed E-state index contributed by atoms with van der Waals surface area (Å²) in [5.41, 5.74) is 4.60. The zero-order valence-corrected chi connectivity index (χ0v) is 15.0. The van der Waals surface area contributed by atoms with E-state index in [0.29, 0.717) is 16.9 Å². The molecule has 3 aromatic carbocycles. The van der Waals surface area contributed by atoms with Gasteiger partial charge in [0.1, 0.15) is 17.2 Å². The van der Waals surface area contributed by atoms with Crippen molar-refractivity contribution < 1.29 is 25.8 Å². The van der Waals surface area contributed by atoms with E-state index in [1.165, 1.54) is 5.56 Å². The molecule has 0 aromatic heterocycles. The Bertz CT molecular complexity index is 756.